The summed E-state index contributed by atoms with van der Waals surface area (Å²) in [6, 6.07) is 10.3. The predicted molar refractivity (Wildman–Crippen MR) is 79.7 cm³/mol. The largest absolute Gasteiger partial charge is 0.465 e. The van der Waals surface area contributed by atoms with Gasteiger partial charge in [-0.15, -0.1) is 0 Å². The van der Waals surface area contributed by atoms with Crippen LogP contribution in [-0.4, -0.2) is 43.7 Å². The van der Waals surface area contributed by atoms with Gasteiger partial charge in [0.15, 0.2) is 0 Å². The van der Waals surface area contributed by atoms with Crippen molar-refractivity contribution in [1.82, 2.24) is 4.90 Å². The molecule has 0 amide bonds. The quantitative estimate of drug-likeness (QED) is 0.569. The maximum Gasteiger partial charge on any atom is 0.310 e. The average molecular weight is 289 g/mol. The van der Waals surface area contributed by atoms with Crippen molar-refractivity contribution in [3.05, 3.63) is 35.9 Å². The number of cyclic esters (lactones) is 1. The number of hydrogen-bond acceptors (Lipinski definition) is 4. The van der Waals surface area contributed by atoms with Crippen LogP contribution in [-0.2, 0) is 20.9 Å². The maximum atomic E-state index is 11.5. The van der Waals surface area contributed by atoms with E-state index in [1.807, 2.05) is 18.2 Å². The molecule has 114 valence electrons. The van der Waals surface area contributed by atoms with Crippen molar-refractivity contribution < 1.29 is 14.3 Å². The standard InChI is InChI=1S/C17H23NO3/c19-17-16-11-18(10-15(16)13-21-17)8-4-5-9-20-12-14-6-2-1-3-7-14/h1-3,6-7,15-16H,4-5,8-13H2/t15-,16-/m1/s1. The summed E-state index contributed by atoms with van der Waals surface area (Å²) in [7, 11) is 0. The number of carbonyl (C=O) groups is 1. The van der Waals surface area contributed by atoms with Gasteiger partial charge < -0.3 is 14.4 Å². The second kappa shape index (κ2) is 7.05. The molecule has 0 N–H and O–H groups in total. The zero-order valence-corrected chi connectivity index (χ0v) is 12.4. The molecule has 4 heteroatoms. The lowest BCUT2D eigenvalue weighted by atomic mass is 10.0. The van der Waals surface area contributed by atoms with Gasteiger partial charge in [-0.05, 0) is 24.9 Å². The van der Waals surface area contributed by atoms with Crippen LogP contribution in [0, 0.1) is 11.8 Å². The molecule has 2 atom stereocenters. The lowest BCUT2D eigenvalue weighted by Crippen LogP contribution is -2.25. The van der Waals surface area contributed by atoms with Crippen molar-refractivity contribution in [2.24, 2.45) is 11.8 Å². The number of nitrogens with zero attached hydrogens (tertiary/aromatic N) is 1. The Labute approximate surface area is 126 Å². The summed E-state index contributed by atoms with van der Waals surface area (Å²) in [5, 5.41) is 0. The summed E-state index contributed by atoms with van der Waals surface area (Å²) < 4.78 is 10.8. The first-order valence-corrected chi connectivity index (χ1v) is 7.83. The summed E-state index contributed by atoms with van der Waals surface area (Å²) in [5.41, 5.74) is 1.23. The van der Waals surface area contributed by atoms with E-state index in [0.29, 0.717) is 19.1 Å². The van der Waals surface area contributed by atoms with E-state index in [1.54, 1.807) is 0 Å². The van der Waals surface area contributed by atoms with Crippen molar-refractivity contribution in [1.29, 1.82) is 0 Å². The normalized spacial score (nSPS) is 25.0. The minimum absolute atomic E-state index is 0.00805. The first kappa shape index (κ1) is 14.5. The zero-order valence-electron chi connectivity index (χ0n) is 12.4. The Morgan fingerprint density at radius 2 is 2.05 bits per heavy atom. The van der Waals surface area contributed by atoms with Gasteiger partial charge in [0.1, 0.15) is 0 Å². The Morgan fingerprint density at radius 1 is 1.19 bits per heavy atom. The highest BCUT2D eigenvalue weighted by Gasteiger charge is 2.43. The van der Waals surface area contributed by atoms with Crippen molar-refractivity contribution in [3.8, 4) is 0 Å². The molecule has 2 heterocycles. The summed E-state index contributed by atoms with van der Waals surface area (Å²) in [5.74, 6) is 0.583. The van der Waals surface area contributed by atoms with Crippen LogP contribution >= 0.6 is 0 Å². The van der Waals surface area contributed by atoms with Crippen molar-refractivity contribution >= 4 is 5.97 Å². The van der Waals surface area contributed by atoms with Crippen molar-refractivity contribution in [2.75, 3.05) is 32.8 Å². The molecule has 2 aliphatic rings. The fraction of sp³-hybridized carbons (Fsp3) is 0.588. The van der Waals surface area contributed by atoms with Gasteiger partial charge in [-0.25, -0.2) is 0 Å². The third-order valence-corrected chi connectivity index (χ3v) is 4.38. The first-order valence-electron chi connectivity index (χ1n) is 7.83. The number of hydrogen-bond donors (Lipinski definition) is 0. The van der Waals surface area contributed by atoms with Crippen LogP contribution in [0.3, 0.4) is 0 Å². The van der Waals surface area contributed by atoms with Gasteiger partial charge in [0.25, 0.3) is 0 Å². The molecule has 2 aliphatic heterocycles. The lowest BCUT2D eigenvalue weighted by Gasteiger charge is -2.16. The molecule has 21 heavy (non-hydrogen) atoms. The molecule has 0 unspecified atom stereocenters. The SMILES string of the molecule is O=C1OC[C@H]2CN(CCCCOCc3ccccc3)C[C@@H]12. The number of rotatable bonds is 7. The van der Waals surface area contributed by atoms with Crippen LogP contribution in [0.2, 0.25) is 0 Å². The zero-order chi connectivity index (χ0) is 14.5. The van der Waals surface area contributed by atoms with Crippen LogP contribution in [0.1, 0.15) is 18.4 Å². The smallest absolute Gasteiger partial charge is 0.310 e. The van der Waals surface area contributed by atoms with Crippen LogP contribution in [0.4, 0.5) is 0 Å². The number of carbonyl (C=O) groups excluding carboxylic acids is 1. The first-order chi connectivity index (χ1) is 10.3. The number of esters is 1. The highest BCUT2D eigenvalue weighted by atomic mass is 16.5. The molecule has 0 bridgehead atoms. The fourth-order valence-corrected chi connectivity index (χ4v) is 3.18. The van der Waals surface area contributed by atoms with Crippen molar-refractivity contribution in [3.63, 3.8) is 0 Å². The Bertz CT molecular complexity index is 462. The van der Waals surface area contributed by atoms with E-state index in [0.717, 1.165) is 39.1 Å². The summed E-state index contributed by atoms with van der Waals surface area (Å²) >= 11 is 0. The van der Waals surface area contributed by atoms with Gasteiger partial charge >= 0.3 is 5.97 Å². The number of ether oxygens (including phenoxy) is 2. The van der Waals surface area contributed by atoms with E-state index < -0.39 is 0 Å². The topological polar surface area (TPSA) is 38.8 Å². The van der Waals surface area contributed by atoms with Crippen LogP contribution in [0.5, 0.6) is 0 Å². The van der Waals surface area contributed by atoms with Gasteiger partial charge in [-0.2, -0.15) is 0 Å². The van der Waals surface area contributed by atoms with Gasteiger partial charge in [0, 0.05) is 25.6 Å². The molecular weight excluding hydrogens is 266 g/mol. The molecule has 2 saturated heterocycles. The van der Waals surface area contributed by atoms with Crippen molar-refractivity contribution in [2.45, 2.75) is 19.4 Å². The highest BCUT2D eigenvalue weighted by Crippen LogP contribution is 2.30. The summed E-state index contributed by atoms with van der Waals surface area (Å²) in [6.07, 6.45) is 2.20. The molecular formula is C17H23NO3. The Hall–Kier alpha value is -1.39. The van der Waals surface area contributed by atoms with E-state index in [9.17, 15) is 4.79 Å². The molecule has 0 aromatic heterocycles. The second-order valence-corrected chi connectivity index (χ2v) is 6.00. The average Bonchev–Trinajstić information content (AvgIpc) is 3.06. The monoisotopic (exact) mass is 289 g/mol. The third-order valence-electron chi connectivity index (χ3n) is 4.38. The maximum absolute atomic E-state index is 11.5. The molecule has 0 aliphatic carbocycles. The molecule has 4 nitrogen and oxygen atoms in total. The van der Waals surface area contributed by atoms with Gasteiger partial charge in [-0.1, -0.05) is 30.3 Å². The molecule has 1 aromatic carbocycles. The number of fused-ring (bicyclic) bond motifs is 1. The molecule has 0 saturated carbocycles. The van der Waals surface area contributed by atoms with Crippen LogP contribution in [0.15, 0.2) is 30.3 Å². The Kier molecular flexibility index (Phi) is 4.88. The minimum Gasteiger partial charge on any atom is -0.465 e. The Balaban J connectivity index is 1.25. The summed E-state index contributed by atoms with van der Waals surface area (Å²) in [4.78, 5) is 13.9. The Morgan fingerprint density at radius 3 is 2.86 bits per heavy atom. The lowest BCUT2D eigenvalue weighted by molar-refractivity contribution is -0.141. The molecule has 0 radical (unpaired) electrons. The van der Waals surface area contributed by atoms with Gasteiger partial charge in [-0.3, -0.25) is 4.79 Å². The minimum atomic E-state index is 0.00805. The predicted octanol–water partition coefficient (Wildman–Crippen LogP) is 2.09. The van der Waals surface area contributed by atoms with Gasteiger partial charge in [0.05, 0.1) is 19.1 Å². The molecule has 0 spiro atoms. The summed E-state index contributed by atoms with van der Waals surface area (Å²) in [6.45, 7) is 5.09. The van der Waals surface area contributed by atoms with Crippen LogP contribution in [0.25, 0.3) is 0 Å². The third kappa shape index (κ3) is 3.83. The second-order valence-electron chi connectivity index (χ2n) is 6.00. The fourth-order valence-electron chi connectivity index (χ4n) is 3.18. The number of benzene rings is 1. The van der Waals surface area contributed by atoms with E-state index >= 15 is 0 Å². The van der Waals surface area contributed by atoms with E-state index in [4.69, 9.17) is 9.47 Å². The highest BCUT2D eigenvalue weighted by molar-refractivity contribution is 5.75. The van der Waals surface area contributed by atoms with E-state index in [1.165, 1.54) is 5.56 Å². The molecule has 2 fully saturated rings. The molecule has 1 aromatic rings. The number of unbranched alkanes of at least 4 members (excludes halogenated alkanes) is 1. The van der Waals surface area contributed by atoms with Crippen LogP contribution < -0.4 is 0 Å². The molecule has 3 rings (SSSR count). The van der Waals surface area contributed by atoms with Gasteiger partial charge in [0.2, 0.25) is 0 Å². The van der Waals surface area contributed by atoms with E-state index in [-0.39, 0.29) is 11.9 Å². The van der Waals surface area contributed by atoms with E-state index in [2.05, 4.69) is 17.0 Å². The number of likely N-dealkylation sites (tertiary alicyclic amines) is 1.